The van der Waals surface area contributed by atoms with Crippen molar-refractivity contribution in [3.63, 3.8) is 0 Å². The van der Waals surface area contributed by atoms with E-state index in [9.17, 15) is 0 Å². The van der Waals surface area contributed by atoms with Gasteiger partial charge in [0.15, 0.2) is 0 Å². The lowest BCUT2D eigenvalue weighted by Crippen LogP contribution is -2.01. The Bertz CT molecular complexity index is 445. The zero-order valence-electron chi connectivity index (χ0n) is 10.1. The molecular weight excluding hydrogens is 256 g/mol. The molecule has 0 aromatic carbocycles. The lowest BCUT2D eigenvalue weighted by molar-refractivity contribution is 0.638. The highest BCUT2D eigenvalue weighted by Crippen LogP contribution is 2.20. The summed E-state index contributed by atoms with van der Waals surface area (Å²) in [4.78, 5) is 4.56. The van der Waals surface area contributed by atoms with Crippen LogP contribution >= 0.6 is 22.9 Å². The average molecular weight is 271 g/mol. The molecule has 0 N–H and O–H groups in total. The summed E-state index contributed by atoms with van der Waals surface area (Å²) in [7, 11) is 0. The zero-order chi connectivity index (χ0) is 12.4. The summed E-state index contributed by atoms with van der Waals surface area (Å²) in [5.41, 5.74) is 1.82. The SMILES string of the molecule is CC(C)c1nc(Cn2cc(C(C)Cl)nn2)cs1. The van der Waals surface area contributed by atoms with Gasteiger partial charge in [0.1, 0.15) is 5.69 Å². The van der Waals surface area contributed by atoms with Gasteiger partial charge in [-0.15, -0.1) is 28.0 Å². The highest BCUT2D eigenvalue weighted by atomic mass is 35.5. The summed E-state index contributed by atoms with van der Waals surface area (Å²) in [5, 5.41) is 11.2. The standard InChI is InChI=1S/C11H15ClN4S/c1-7(2)11-13-9(6-17-11)4-16-5-10(8(3)12)14-15-16/h5-8H,4H2,1-3H3. The van der Waals surface area contributed by atoms with Gasteiger partial charge >= 0.3 is 0 Å². The minimum Gasteiger partial charge on any atom is -0.246 e. The smallest absolute Gasteiger partial charge is 0.100 e. The maximum absolute atomic E-state index is 5.94. The minimum absolute atomic E-state index is 0.106. The summed E-state index contributed by atoms with van der Waals surface area (Å²) in [5.74, 6) is 0.475. The second-order valence-electron chi connectivity index (χ2n) is 4.29. The molecule has 2 heterocycles. The van der Waals surface area contributed by atoms with Crippen molar-refractivity contribution in [2.45, 2.75) is 38.6 Å². The van der Waals surface area contributed by atoms with Crippen molar-refractivity contribution in [2.24, 2.45) is 0 Å². The predicted octanol–water partition coefficient (Wildman–Crippen LogP) is 3.21. The van der Waals surface area contributed by atoms with Gasteiger partial charge in [0.25, 0.3) is 0 Å². The van der Waals surface area contributed by atoms with E-state index in [0.717, 1.165) is 16.4 Å². The van der Waals surface area contributed by atoms with Gasteiger partial charge in [-0.25, -0.2) is 9.67 Å². The van der Waals surface area contributed by atoms with Gasteiger partial charge in [-0.05, 0) is 6.92 Å². The Hall–Kier alpha value is -0.940. The number of thiazole rings is 1. The van der Waals surface area contributed by atoms with Crippen molar-refractivity contribution in [3.05, 3.63) is 28.0 Å². The quantitative estimate of drug-likeness (QED) is 0.802. The molecule has 0 aliphatic heterocycles. The molecule has 0 radical (unpaired) electrons. The third-order valence-electron chi connectivity index (χ3n) is 2.35. The summed E-state index contributed by atoms with van der Waals surface area (Å²) in [6.07, 6.45) is 1.87. The molecule has 2 rings (SSSR count). The molecule has 17 heavy (non-hydrogen) atoms. The molecule has 4 nitrogen and oxygen atoms in total. The first-order chi connectivity index (χ1) is 8.06. The molecule has 0 aliphatic rings. The molecule has 0 spiro atoms. The maximum atomic E-state index is 5.94. The largest absolute Gasteiger partial charge is 0.246 e. The normalized spacial score (nSPS) is 13.2. The van der Waals surface area contributed by atoms with Gasteiger partial charge in [-0.2, -0.15) is 0 Å². The fourth-order valence-corrected chi connectivity index (χ4v) is 2.33. The third-order valence-corrected chi connectivity index (χ3v) is 3.77. The first-order valence-electron chi connectivity index (χ1n) is 5.54. The van der Waals surface area contributed by atoms with E-state index in [0.29, 0.717) is 12.5 Å². The van der Waals surface area contributed by atoms with Crippen LogP contribution in [0, 0.1) is 0 Å². The number of aromatic nitrogens is 4. The molecule has 0 saturated heterocycles. The second-order valence-corrected chi connectivity index (χ2v) is 5.83. The highest BCUT2D eigenvalue weighted by molar-refractivity contribution is 7.09. The molecule has 2 aromatic heterocycles. The zero-order valence-corrected chi connectivity index (χ0v) is 11.7. The van der Waals surface area contributed by atoms with Crippen molar-refractivity contribution < 1.29 is 0 Å². The van der Waals surface area contributed by atoms with Crippen LogP contribution in [0.15, 0.2) is 11.6 Å². The van der Waals surface area contributed by atoms with Crippen LogP contribution in [0.5, 0.6) is 0 Å². The van der Waals surface area contributed by atoms with Crippen LogP contribution < -0.4 is 0 Å². The van der Waals surface area contributed by atoms with E-state index in [1.54, 1.807) is 16.0 Å². The molecule has 0 amide bonds. The fraction of sp³-hybridized carbons (Fsp3) is 0.545. The van der Waals surface area contributed by atoms with Gasteiger partial charge in [0, 0.05) is 11.3 Å². The van der Waals surface area contributed by atoms with Crippen LogP contribution in [0.25, 0.3) is 0 Å². The van der Waals surface area contributed by atoms with Crippen molar-refractivity contribution in [3.8, 4) is 0 Å². The third kappa shape index (κ3) is 3.04. The second kappa shape index (κ2) is 5.14. The van der Waals surface area contributed by atoms with E-state index in [2.05, 4.69) is 34.5 Å². The lowest BCUT2D eigenvalue weighted by atomic mass is 10.2. The molecule has 1 atom stereocenters. The predicted molar refractivity (Wildman–Crippen MR) is 69.6 cm³/mol. The average Bonchev–Trinajstić information content (AvgIpc) is 2.87. The molecular formula is C11H15ClN4S. The van der Waals surface area contributed by atoms with Crippen molar-refractivity contribution in [2.75, 3.05) is 0 Å². The molecule has 0 bridgehead atoms. The van der Waals surface area contributed by atoms with E-state index < -0.39 is 0 Å². The molecule has 0 aliphatic carbocycles. The number of halogens is 1. The summed E-state index contributed by atoms with van der Waals surface area (Å²) >= 11 is 7.63. The Morgan fingerprint density at radius 2 is 2.18 bits per heavy atom. The number of hydrogen-bond donors (Lipinski definition) is 0. The Labute approximate surface area is 110 Å². The number of rotatable bonds is 4. The van der Waals surface area contributed by atoms with Gasteiger partial charge < -0.3 is 0 Å². The molecule has 92 valence electrons. The highest BCUT2D eigenvalue weighted by Gasteiger charge is 2.09. The maximum Gasteiger partial charge on any atom is 0.100 e. The van der Waals surface area contributed by atoms with E-state index in [1.807, 2.05) is 13.1 Å². The topological polar surface area (TPSA) is 43.6 Å². The van der Waals surface area contributed by atoms with Crippen LogP contribution in [-0.4, -0.2) is 20.0 Å². The van der Waals surface area contributed by atoms with Crippen molar-refractivity contribution >= 4 is 22.9 Å². The Morgan fingerprint density at radius 1 is 1.41 bits per heavy atom. The lowest BCUT2D eigenvalue weighted by Gasteiger charge is -1.98. The van der Waals surface area contributed by atoms with Crippen LogP contribution in [0.3, 0.4) is 0 Å². The number of nitrogens with zero attached hydrogens (tertiary/aromatic N) is 4. The van der Waals surface area contributed by atoms with Crippen LogP contribution in [-0.2, 0) is 6.54 Å². The van der Waals surface area contributed by atoms with Crippen molar-refractivity contribution in [1.82, 2.24) is 20.0 Å². The van der Waals surface area contributed by atoms with Gasteiger partial charge in [-0.3, -0.25) is 0 Å². The van der Waals surface area contributed by atoms with E-state index >= 15 is 0 Å². The monoisotopic (exact) mass is 270 g/mol. The Balaban J connectivity index is 2.08. The van der Waals surface area contributed by atoms with E-state index in [4.69, 9.17) is 11.6 Å². The molecule has 2 aromatic rings. The van der Waals surface area contributed by atoms with Gasteiger partial charge in [0.2, 0.25) is 0 Å². The van der Waals surface area contributed by atoms with Gasteiger partial charge in [-0.1, -0.05) is 19.1 Å². The van der Waals surface area contributed by atoms with Crippen LogP contribution in [0.1, 0.15) is 48.5 Å². The summed E-state index contributed by atoms with van der Waals surface area (Å²) in [6, 6.07) is 0. The molecule has 0 fully saturated rings. The summed E-state index contributed by atoms with van der Waals surface area (Å²) < 4.78 is 1.77. The molecule has 0 saturated carbocycles. The fourth-order valence-electron chi connectivity index (χ4n) is 1.40. The Kier molecular flexibility index (Phi) is 3.79. The van der Waals surface area contributed by atoms with E-state index in [1.165, 1.54) is 0 Å². The van der Waals surface area contributed by atoms with Crippen LogP contribution in [0.4, 0.5) is 0 Å². The van der Waals surface area contributed by atoms with Crippen molar-refractivity contribution in [1.29, 1.82) is 0 Å². The first kappa shape index (κ1) is 12.5. The van der Waals surface area contributed by atoms with Gasteiger partial charge in [0.05, 0.1) is 28.8 Å². The first-order valence-corrected chi connectivity index (χ1v) is 6.86. The minimum atomic E-state index is -0.106. The van der Waals surface area contributed by atoms with Crippen LogP contribution in [0.2, 0.25) is 0 Å². The number of hydrogen-bond acceptors (Lipinski definition) is 4. The van der Waals surface area contributed by atoms with E-state index in [-0.39, 0.29) is 5.38 Å². The number of alkyl halides is 1. The molecule has 6 heteroatoms. The summed E-state index contributed by atoms with van der Waals surface area (Å²) in [6.45, 7) is 6.83. The Morgan fingerprint density at radius 3 is 2.71 bits per heavy atom. The molecule has 1 unspecified atom stereocenters.